The molecule has 3 aromatic rings. The molecular formula is C26H32N6O2. The highest BCUT2D eigenvalue weighted by molar-refractivity contribution is 5.85. The molecule has 0 spiro atoms. The highest BCUT2D eigenvalue weighted by Gasteiger charge is 2.27. The van der Waals surface area contributed by atoms with Crippen LogP contribution in [-0.2, 0) is 17.6 Å². The first kappa shape index (κ1) is 21.5. The quantitative estimate of drug-likeness (QED) is 0.573. The third-order valence-electron chi connectivity index (χ3n) is 7.54. The Bertz CT molecular complexity index is 1160. The Labute approximate surface area is 200 Å². The Kier molecular flexibility index (Phi) is 5.91. The molecule has 3 aliphatic rings. The van der Waals surface area contributed by atoms with Gasteiger partial charge in [0.15, 0.2) is 0 Å². The van der Waals surface area contributed by atoms with E-state index in [2.05, 4.69) is 48.9 Å². The average Bonchev–Trinajstić information content (AvgIpc) is 3.27. The van der Waals surface area contributed by atoms with Crippen LogP contribution in [0.1, 0.15) is 36.9 Å². The van der Waals surface area contributed by atoms with Gasteiger partial charge in [-0.05, 0) is 50.5 Å². The average molecular weight is 461 g/mol. The van der Waals surface area contributed by atoms with Crippen LogP contribution in [0.15, 0.2) is 30.9 Å². The van der Waals surface area contributed by atoms with Gasteiger partial charge in [0, 0.05) is 62.1 Å². The Balaban J connectivity index is 1.14. The summed E-state index contributed by atoms with van der Waals surface area (Å²) in [5.41, 5.74) is 5.48. The Hall–Kier alpha value is -3.00. The second kappa shape index (κ2) is 9.33. The van der Waals surface area contributed by atoms with Crippen LogP contribution in [0.2, 0.25) is 0 Å². The first-order valence-corrected chi connectivity index (χ1v) is 12.5. The van der Waals surface area contributed by atoms with Crippen molar-refractivity contribution in [2.24, 2.45) is 5.92 Å². The van der Waals surface area contributed by atoms with Gasteiger partial charge in [-0.3, -0.25) is 4.98 Å². The third kappa shape index (κ3) is 4.27. The maximum absolute atomic E-state index is 6.59. The van der Waals surface area contributed by atoms with Crippen LogP contribution >= 0.6 is 0 Å². The molecule has 0 N–H and O–H groups in total. The zero-order valence-electron chi connectivity index (χ0n) is 19.8. The van der Waals surface area contributed by atoms with Gasteiger partial charge in [-0.1, -0.05) is 0 Å². The van der Waals surface area contributed by atoms with Gasteiger partial charge in [-0.25, -0.2) is 15.0 Å². The lowest BCUT2D eigenvalue weighted by Gasteiger charge is -2.31. The number of likely N-dealkylation sites (N-methyl/N-ethyl adjacent to an activating group) is 1. The predicted octanol–water partition coefficient (Wildman–Crippen LogP) is 3.43. The van der Waals surface area contributed by atoms with E-state index < -0.39 is 0 Å². The van der Waals surface area contributed by atoms with E-state index >= 15 is 0 Å². The molecule has 34 heavy (non-hydrogen) atoms. The number of fused-ring (bicyclic) bond motifs is 2. The van der Waals surface area contributed by atoms with Crippen molar-refractivity contribution in [2.75, 3.05) is 49.7 Å². The number of nitrogens with zero attached hydrogens (tertiary/aromatic N) is 6. The topological polar surface area (TPSA) is 76.5 Å². The van der Waals surface area contributed by atoms with Crippen molar-refractivity contribution in [3.8, 4) is 5.75 Å². The summed E-state index contributed by atoms with van der Waals surface area (Å²) in [5, 5.41) is 0. The smallest absolute Gasteiger partial charge is 0.149 e. The van der Waals surface area contributed by atoms with Crippen LogP contribution in [0.3, 0.4) is 0 Å². The molecule has 0 radical (unpaired) electrons. The van der Waals surface area contributed by atoms with Gasteiger partial charge in [0.25, 0.3) is 0 Å². The van der Waals surface area contributed by atoms with Crippen molar-refractivity contribution >= 4 is 22.5 Å². The van der Waals surface area contributed by atoms with E-state index in [1.807, 2.05) is 0 Å². The lowest BCUT2D eigenvalue weighted by molar-refractivity contribution is 0.122. The fraction of sp³-hybridized carbons (Fsp3) is 0.538. The minimum absolute atomic E-state index is 0.212. The standard InChI is InChI=1S/C26H32N6O2/c1-31-9-6-21-22(29-17-30-26(21)31)14-18-2-4-20(5-3-18)34-24-16-19(32-10-12-33-13-11-32)15-23-25(24)28-8-7-27-23/h7-8,15-18,20H,2-6,9-14H2,1H3. The molecule has 8 heteroatoms. The number of morpholine rings is 1. The number of hydrogen-bond donors (Lipinski definition) is 0. The van der Waals surface area contributed by atoms with Gasteiger partial charge in [0.05, 0.1) is 24.8 Å². The van der Waals surface area contributed by atoms with E-state index in [0.29, 0.717) is 5.92 Å². The Morgan fingerprint density at radius 3 is 2.65 bits per heavy atom. The van der Waals surface area contributed by atoms with E-state index in [1.54, 1.807) is 18.7 Å². The maximum Gasteiger partial charge on any atom is 0.149 e. The number of benzene rings is 1. The molecule has 1 aliphatic carbocycles. The molecule has 2 fully saturated rings. The largest absolute Gasteiger partial charge is 0.488 e. The van der Waals surface area contributed by atoms with Crippen LogP contribution in [0, 0.1) is 5.92 Å². The van der Waals surface area contributed by atoms with Crippen molar-refractivity contribution in [2.45, 2.75) is 44.6 Å². The summed E-state index contributed by atoms with van der Waals surface area (Å²) in [6.45, 7) is 4.33. The van der Waals surface area contributed by atoms with E-state index in [-0.39, 0.29) is 6.10 Å². The summed E-state index contributed by atoms with van der Waals surface area (Å²) in [4.78, 5) is 22.9. The Morgan fingerprint density at radius 1 is 0.971 bits per heavy atom. The van der Waals surface area contributed by atoms with Crippen molar-refractivity contribution < 1.29 is 9.47 Å². The molecule has 1 saturated carbocycles. The summed E-state index contributed by atoms with van der Waals surface area (Å²) in [6.07, 6.45) is 12.0. The molecule has 178 valence electrons. The Morgan fingerprint density at radius 2 is 1.79 bits per heavy atom. The number of aromatic nitrogens is 4. The van der Waals surface area contributed by atoms with Crippen molar-refractivity contribution in [3.05, 3.63) is 42.1 Å². The van der Waals surface area contributed by atoms with Gasteiger partial charge in [-0.15, -0.1) is 0 Å². The minimum Gasteiger partial charge on any atom is -0.488 e. The number of hydrogen-bond acceptors (Lipinski definition) is 8. The van der Waals surface area contributed by atoms with E-state index in [0.717, 1.165) is 99.7 Å². The normalized spacial score (nSPS) is 22.7. The molecule has 2 aromatic heterocycles. The summed E-state index contributed by atoms with van der Waals surface area (Å²) in [5.74, 6) is 2.63. The van der Waals surface area contributed by atoms with Crippen LogP contribution in [0.5, 0.6) is 5.75 Å². The second-order valence-electron chi connectivity index (χ2n) is 9.73. The van der Waals surface area contributed by atoms with Crippen LogP contribution in [0.25, 0.3) is 11.0 Å². The fourth-order valence-electron chi connectivity index (χ4n) is 5.61. The molecule has 2 aliphatic heterocycles. The van der Waals surface area contributed by atoms with Crippen LogP contribution in [-0.4, -0.2) is 65.9 Å². The number of rotatable bonds is 5. The lowest BCUT2D eigenvalue weighted by Crippen LogP contribution is -2.36. The molecule has 0 bridgehead atoms. The summed E-state index contributed by atoms with van der Waals surface area (Å²) >= 11 is 0. The zero-order valence-corrected chi connectivity index (χ0v) is 19.8. The molecule has 8 nitrogen and oxygen atoms in total. The first-order valence-electron chi connectivity index (χ1n) is 12.5. The third-order valence-corrected chi connectivity index (χ3v) is 7.54. The van der Waals surface area contributed by atoms with E-state index in [9.17, 15) is 0 Å². The minimum atomic E-state index is 0.212. The summed E-state index contributed by atoms with van der Waals surface area (Å²) in [7, 11) is 2.12. The molecule has 1 aromatic carbocycles. The summed E-state index contributed by atoms with van der Waals surface area (Å²) in [6, 6.07) is 4.27. The van der Waals surface area contributed by atoms with Gasteiger partial charge in [-0.2, -0.15) is 0 Å². The fourth-order valence-corrected chi connectivity index (χ4v) is 5.61. The van der Waals surface area contributed by atoms with Gasteiger partial charge in [0.2, 0.25) is 0 Å². The maximum atomic E-state index is 6.59. The zero-order chi connectivity index (χ0) is 22.9. The second-order valence-corrected chi connectivity index (χ2v) is 9.73. The molecule has 4 heterocycles. The van der Waals surface area contributed by atoms with Crippen molar-refractivity contribution in [3.63, 3.8) is 0 Å². The molecule has 0 unspecified atom stereocenters. The van der Waals surface area contributed by atoms with Gasteiger partial charge in [0.1, 0.15) is 23.4 Å². The molecule has 0 amide bonds. The van der Waals surface area contributed by atoms with E-state index in [1.165, 1.54) is 11.3 Å². The molecule has 0 atom stereocenters. The van der Waals surface area contributed by atoms with Crippen LogP contribution < -0.4 is 14.5 Å². The molecule has 1 saturated heterocycles. The highest BCUT2D eigenvalue weighted by Crippen LogP contribution is 2.35. The first-order chi connectivity index (χ1) is 16.7. The van der Waals surface area contributed by atoms with Gasteiger partial charge >= 0.3 is 0 Å². The molecule has 6 rings (SSSR count). The van der Waals surface area contributed by atoms with Crippen LogP contribution in [0.4, 0.5) is 11.5 Å². The van der Waals surface area contributed by atoms with Crippen molar-refractivity contribution in [1.29, 1.82) is 0 Å². The van der Waals surface area contributed by atoms with Crippen molar-refractivity contribution in [1.82, 2.24) is 19.9 Å². The van der Waals surface area contributed by atoms with E-state index in [4.69, 9.17) is 9.47 Å². The van der Waals surface area contributed by atoms with Gasteiger partial charge < -0.3 is 19.3 Å². The SMILES string of the molecule is CN1CCc2c(CC3CCC(Oc4cc(N5CCOCC5)cc5nccnc45)CC3)ncnc21. The lowest BCUT2D eigenvalue weighted by atomic mass is 9.83. The predicted molar refractivity (Wildman–Crippen MR) is 132 cm³/mol. The number of ether oxygens (including phenoxy) is 2. The molecular weight excluding hydrogens is 428 g/mol. The monoisotopic (exact) mass is 460 g/mol. The summed E-state index contributed by atoms with van der Waals surface area (Å²) < 4.78 is 12.1. The highest BCUT2D eigenvalue weighted by atomic mass is 16.5. The number of anilines is 2.